The van der Waals surface area contributed by atoms with E-state index in [1.807, 2.05) is 30.3 Å². The third kappa shape index (κ3) is 15.1. The topological polar surface area (TPSA) is 120 Å². The van der Waals surface area contributed by atoms with E-state index in [4.69, 9.17) is 23.5 Å². The molecule has 0 aliphatic rings. The van der Waals surface area contributed by atoms with Crippen LogP contribution in [0.5, 0.6) is 0 Å². The number of alkyl carbamates (subject to hydrolysis) is 1. The average molecular weight is 405 g/mol. The van der Waals surface area contributed by atoms with Gasteiger partial charge < -0.3 is 24.3 Å². The van der Waals surface area contributed by atoms with Gasteiger partial charge in [-0.1, -0.05) is 30.3 Å². The van der Waals surface area contributed by atoms with Crippen molar-refractivity contribution >= 4 is 16.2 Å². The monoisotopic (exact) mass is 405 g/mol. The summed E-state index contributed by atoms with van der Waals surface area (Å²) in [6.45, 7) is 2.60. The van der Waals surface area contributed by atoms with Gasteiger partial charge in [-0.25, -0.2) is 4.79 Å². The molecule has 0 unspecified atom stereocenters. The smallest absolute Gasteiger partial charge is 0.407 e. The molecular weight excluding hydrogens is 378 g/mol. The number of ether oxygens (including phenoxy) is 4. The summed E-state index contributed by atoms with van der Waals surface area (Å²) in [5, 5.41) is 2.59. The van der Waals surface area contributed by atoms with Gasteiger partial charge >= 0.3 is 6.09 Å². The van der Waals surface area contributed by atoms with Crippen LogP contribution in [0.1, 0.15) is 12.0 Å². The van der Waals surface area contributed by atoms with Crippen LogP contribution in [0.2, 0.25) is 0 Å². The molecule has 10 heteroatoms. The molecular formula is C17H27NO8S. The van der Waals surface area contributed by atoms with Crippen LogP contribution in [0.4, 0.5) is 4.79 Å². The number of rotatable bonds is 15. The Kier molecular flexibility index (Phi) is 12.4. The summed E-state index contributed by atoms with van der Waals surface area (Å²) in [6.07, 6.45) is -0.257. The van der Waals surface area contributed by atoms with Crippen LogP contribution in [0.25, 0.3) is 0 Å². The van der Waals surface area contributed by atoms with Crippen molar-refractivity contribution < 1.29 is 36.7 Å². The van der Waals surface area contributed by atoms with E-state index < -0.39 is 16.2 Å². The maximum atomic E-state index is 11.5. The predicted octanol–water partition coefficient (Wildman–Crippen LogP) is 1.24. The molecule has 1 rings (SSSR count). The molecule has 0 radical (unpaired) electrons. The van der Waals surface area contributed by atoms with Crippen molar-refractivity contribution in [3.63, 3.8) is 0 Å². The SMILES string of the molecule is O=C(NCCOCCOCCOCCCS(=O)(=O)O)OCc1ccccc1. The van der Waals surface area contributed by atoms with Gasteiger partial charge in [0.1, 0.15) is 6.61 Å². The van der Waals surface area contributed by atoms with Crippen LogP contribution in [-0.4, -0.2) is 71.0 Å². The van der Waals surface area contributed by atoms with Gasteiger partial charge in [0, 0.05) is 13.2 Å². The molecule has 27 heavy (non-hydrogen) atoms. The summed E-state index contributed by atoms with van der Waals surface area (Å²) in [6, 6.07) is 9.40. The summed E-state index contributed by atoms with van der Waals surface area (Å²) in [7, 11) is -3.92. The highest BCUT2D eigenvalue weighted by Crippen LogP contribution is 2.00. The Labute approximate surface area is 159 Å². The van der Waals surface area contributed by atoms with E-state index >= 15 is 0 Å². The molecule has 2 N–H and O–H groups in total. The fourth-order valence-electron chi connectivity index (χ4n) is 1.88. The van der Waals surface area contributed by atoms with Crippen LogP contribution < -0.4 is 5.32 Å². The molecule has 1 amide bonds. The van der Waals surface area contributed by atoms with Gasteiger partial charge in [0.15, 0.2) is 0 Å². The standard InChI is InChI=1S/C17H27NO8S/c19-17(26-15-16-5-2-1-3-6-16)18-7-9-24-11-13-25-12-10-23-8-4-14-27(20,21)22/h1-3,5-6H,4,7-15H2,(H,18,19)(H,20,21,22). The first-order chi connectivity index (χ1) is 13.0. The number of hydrogen-bond donors (Lipinski definition) is 2. The number of amides is 1. The van der Waals surface area contributed by atoms with Crippen molar-refractivity contribution in [3.8, 4) is 0 Å². The van der Waals surface area contributed by atoms with Crippen LogP contribution >= 0.6 is 0 Å². The number of nitrogens with one attached hydrogen (secondary N) is 1. The molecule has 0 spiro atoms. The zero-order valence-electron chi connectivity index (χ0n) is 15.2. The van der Waals surface area contributed by atoms with E-state index in [-0.39, 0.29) is 25.4 Å². The molecule has 0 atom stereocenters. The van der Waals surface area contributed by atoms with Crippen molar-refractivity contribution in [2.45, 2.75) is 13.0 Å². The highest BCUT2D eigenvalue weighted by molar-refractivity contribution is 7.85. The molecule has 0 aliphatic heterocycles. The lowest BCUT2D eigenvalue weighted by atomic mass is 10.2. The third-order valence-corrected chi connectivity index (χ3v) is 3.97. The van der Waals surface area contributed by atoms with Gasteiger partial charge in [-0.05, 0) is 12.0 Å². The fourth-order valence-corrected chi connectivity index (χ4v) is 2.37. The highest BCUT2D eigenvalue weighted by atomic mass is 32.2. The Morgan fingerprint density at radius 3 is 2.15 bits per heavy atom. The molecule has 0 saturated heterocycles. The highest BCUT2D eigenvalue weighted by Gasteiger charge is 2.03. The molecule has 1 aromatic carbocycles. The Morgan fingerprint density at radius 2 is 1.52 bits per heavy atom. The Hall–Kier alpha value is -1.72. The van der Waals surface area contributed by atoms with Crippen LogP contribution in [0.15, 0.2) is 30.3 Å². The Balaban J connectivity index is 1.81. The quantitative estimate of drug-likeness (QED) is 0.330. The molecule has 0 saturated carbocycles. The molecule has 1 aromatic rings. The zero-order chi connectivity index (χ0) is 19.8. The molecule has 0 bridgehead atoms. The average Bonchev–Trinajstić information content (AvgIpc) is 2.63. The van der Waals surface area contributed by atoms with Crippen LogP contribution in [0.3, 0.4) is 0 Å². The van der Waals surface area contributed by atoms with E-state index in [9.17, 15) is 13.2 Å². The van der Waals surface area contributed by atoms with Gasteiger partial charge in [0.2, 0.25) is 0 Å². The van der Waals surface area contributed by atoms with E-state index in [0.717, 1.165) is 5.56 Å². The molecule has 0 aliphatic carbocycles. The first-order valence-electron chi connectivity index (χ1n) is 8.60. The summed E-state index contributed by atoms with van der Waals surface area (Å²) in [5.74, 6) is -0.310. The van der Waals surface area contributed by atoms with E-state index in [2.05, 4.69) is 5.32 Å². The maximum Gasteiger partial charge on any atom is 0.407 e. The normalized spacial score (nSPS) is 11.3. The third-order valence-electron chi connectivity index (χ3n) is 3.16. The number of benzene rings is 1. The van der Waals surface area contributed by atoms with Gasteiger partial charge in [-0.3, -0.25) is 4.55 Å². The van der Waals surface area contributed by atoms with E-state index in [1.54, 1.807) is 0 Å². The number of carbonyl (C=O) groups is 1. The lowest BCUT2D eigenvalue weighted by Gasteiger charge is -2.08. The predicted molar refractivity (Wildman–Crippen MR) is 98.1 cm³/mol. The van der Waals surface area contributed by atoms with Crippen molar-refractivity contribution in [1.29, 1.82) is 0 Å². The zero-order valence-corrected chi connectivity index (χ0v) is 16.0. The first kappa shape index (κ1) is 23.3. The van der Waals surface area contributed by atoms with Crippen molar-refractivity contribution in [2.24, 2.45) is 0 Å². The lowest BCUT2D eigenvalue weighted by Crippen LogP contribution is -2.28. The second-order valence-electron chi connectivity index (χ2n) is 5.47. The minimum absolute atomic E-state index is 0.221. The van der Waals surface area contributed by atoms with E-state index in [0.29, 0.717) is 39.6 Å². The largest absolute Gasteiger partial charge is 0.445 e. The summed E-state index contributed by atoms with van der Waals surface area (Å²) >= 11 is 0. The Bertz CT molecular complexity index is 609. The summed E-state index contributed by atoms with van der Waals surface area (Å²) in [5.41, 5.74) is 0.920. The lowest BCUT2D eigenvalue weighted by molar-refractivity contribution is 0.0152. The first-order valence-corrected chi connectivity index (χ1v) is 10.2. The van der Waals surface area contributed by atoms with Crippen molar-refractivity contribution in [2.75, 3.05) is 51.9 Å². The van der Waals surface area contributed by atoms with E-state index in [1.165, 1.54) is 0 Å². The fraction of sp³-hybridized carbons (Fsp3) is 0.588. The van der Waals surface area contributed by atoms with Crippen molar-refractivity contribution in [1.82, 2.24) is 5.32 Å². The van der Waals surface area contributed by atoms with Gasteiger partial charge in [0.25, 0.3) is 10.1 Å². The van der Waals surface area contributed by atoms with Crippen molar-refractivity contribution in [3.05, 3.63) is 35.9 Å². The van der Waals surface area contributed by atoms with Gasteiger partial charge in [-0.2, -0.15) is 8.42 Å². The maximum absolute atomic E-state index is 11.5. The minimum Gasteiger partial charge on any atom is -0.445 e. The molecule has 154 valence electrons. The molecule has 9 nitrogen and oxygen atoms in total. The summed E-state index contributed by atoms with van der Waals surface area (Å²) < 4.78 is 50.3. The van der Waals surface area contributed by atoms with Gasteiger partial charge in [0.05, 0.1) is 38.8 Å². The second-order valence-corrected chi connectivity index (χ2v) is 7.04. The Morgan fingerprint density at radius 1 is 0.926 bits per heavy atom. The minimum atomic E-state index is -3.92. The van der Waals surface area contributed by atoms with Crippen LogP contribution in [-0.2, 0) is 35.7 Å². The molecule has 0 fully saturated rings. The number of carbonyl (C=O) groups excluding carboxylic acids is 1. The second kappa shape index (κ2) is 14.4. The molecule has 0 aromatic heterocycles. The number of hydrogen-bond acceptors (Lipinski definition) is 7. The molecule has 0 heterocycles. The summed E-state index contributed by atoms with van der Waals surface area (Å²) in [4.78, 5) is 11.5. The van der Waals surface area contributed by atoms with Crippen LogP contribution in [0, 0.1) is 0 Å². The van der Waals surface area contributed by atoms with Gasteiger partial charge in [-0.15, -0.1) is 0 Å².